The van der Waals surface area contributed by atoms with E-state index in [4.69, 9.17) is 23.7 Å². The first-order valence-electron chi connectivity index (χ1n) is 16.2. The lowest BCUT2D eigenvalue weighted by Crippen LogP contribution is -2.31. The summed E-state index contributed by atoms with van der Waals surface area (Å²) < 4.78 is 26.8. The van der Waals surface area contributed by atoms with Crippen LogP contribution in [0.1, 0.15) is 38.2 Å². The van der Waals surface area contributed by atoms with Crippen molar-refractivity contribution in [1.82, 2.24) is 4.90 Å². The lowest BCUT2D eigenvalue weighted by molar-refractivity contribution is -0.146. The summed E-state index contributed by atoms with van der Waals surface area (Å²) >= 11 is 0. The minimum atomic E-state index is -0.648. The summed E-state index contributed by atoms with van der Waals surface area (Å²) in [6.45, 7) is 6.83. The number of nitrogens with zero attached hydrogens (tertiary/aromatic N) is 1. The molecule has 260 valence electrons. The molecule has 0 fully saturated rings. The summed E-state index contributed by atoms with van der Waals surface area (Å²) in [5.74, 6) is -0.679. The smallest absolute Gasteiger partial charge is 0.336 e. The van der Waals surface area contributed by atoms with Gasteiger partial charge in [-0.05, 0) is 72.0 Å². The number of rotatable bonds is 19. The van der Waals surface area contributed by atoms with E-state index in [1.54, 1.807) is 30.3 Å². The van der Waals surface area contributed by atoms with Crippen LogP contribution in [0.25, 0.3) is 17.2 Å². The van der Waals surface area contributed by atoms with Crippen molar-refractivity contribution in [1.29, 1.82) is 0 Å². The zero-order chi connectivity index (χ0) is 35.7. The molecule has 1 aliphatic rings. The average molecular weight is 682 g/mol. The molecular weight excluding hydrogens is 642 g/mol. The standard InChI is InChI=1S/C39H39NO10/c1-3-23-48-38(44)27-28(2)39(45)49-26-5-25-47-33-15-17-34(18-16-33)50-37(43)21-8-29-6-9-30(10-7-29)31-11-13-32(14-12-31)46-24-4-22-40-35(41)19-20-36(40)42/h6-21H,2-5,22-27H2,1H3/b21-8+. The molecule has 50 heavy (non-hydrogen) atoms. The maximum Gasteiger partial charge on any atom is 0.336 e. The second-order valence-electron chi connectivity index (χ2n) is 11.1. The summed E-state index contributed by atoms with van der Waals surface area (Å²) in [5, 5.41) is 0. The molecule has 1 heterocycles. The molecule has 0 atom stereocenters. The van der Waals surface area contributed by atoms with Gasteiger partial charge in [0.05, 0.1) is 32.8 Å². The van der Waals surface area contributed by atoms with Crippen molar-refractivity contribution in [3.8, 4) is 28.4 Å². The Morgan fingerprint density at radius 2 is 1.26 bits per heavy atom. The maximum atomic E-state index is 12.4. The van der Waals surface area contributed by atoms with Gasteiger partial charge in [-0.1, -0.05) is 49.9 Å². The number of hydrogen-bond donors (Lipinski definition) is 0. The minimum absolute atomic E-state index is 0.0388. The molecule has 0 saturated heterocycles. The highest BCUT2D eigenvalue weighted by Gasteiger charge is 2.22. The average Bonchev–Trinajstić information content (AvgIpc) is 3.45. The van der Waals surface area contributed by atoms with Crippen LogP contribution in [0.4, 0.5) is 0 Å². The van der Waals surface area contributed by atoms with Gasteiger partial charge in [0.25, 0.3) is 11.8 Å². The zero-order valence-corrected chi connectivity index (χ0v) is 27.8. The third-order valence-corrected chi connectivity index (χ3v) is 7.15. The summed E-state index contributed by atoms with van der Waals surface area (Å²) in [7, 11) is 0. The minimum Gasteiger partial charge on any atom is -0.494 e. The molecule has 0 N–H and O–H groups in total. The van der Waals surface area contributed by atoms with Crippen LogP contribution in [0.3, 0.4) is 0 Å². The number of esters is 3. The van der Waals surface area contributed by atoms with Crippen molar-refractivity contribution in [2.75, 3.05) is 33.0 Å². The number of carbonyl (C=O) groups excluding carboxylic acids is 5. The lowest BCUT2D eigenvalue weighted by Gasteiger charge is -2.13. The fraction of sp³-hybridized carbons (Fsp3) is 0.256. The van der Waals surface area contributed by atoms with E-state index in [1.807, 2.05) is 55.5 Å². The van der Waals surface area contributed by atoms with Gasteiger partial charge in [0.1, 0.15) is 17.2 Å². The van der Waals surface area contributed by atoms with Gasteiger partial charge in [-0.2, -0.15) is 0 Å². The van der Waals surface area contributed by atoms with Gasteiger partial charge in [0.2, 0.25) is 0 Å². The fourth-order valence-electron chi connectivity index (χ4n) is 4.54. The number of ether oxygens (including phenoxy) is 5. The van der Waals surface area contributed by atoms with Gasteiger partial charge in [-0.25, -0.2) is 9.59 Å². The number of imide groups is 1. The first-order chi connectivity index (χ1) is 24.2. The second kappa shape index (κ2) is 19.1. The summed E-state index contributed by atoms with van der Waals surface area (Å²) in [4.78, 5) is 60.3. The molecule has 0 unspecified atom stereocenters. The summed E-state index contributed by atoms with van der Waals surface area (Å²) in [6, 6.07) is 21.9. The van der Waals surface area contributed by atoms with Gasteiger partial charge >= 0.3 is 17.9 Å². The number of hydrogen-bond acceptors (Lipinski definition) is 10. The summed E-state index contributed by atoms with van der Waals surface area (Å²) in [5.41, 5.74) is 2.85. The molecule has 3 aromatic carbocycles. The normalized spacial score (nSPS) is 12.2. The van der Waals surface area contributed by atoms with Crippen molar-refractivity contribution in [2.24, 2.45) is 0 Å². The highest BCUT2D eigenvalue weighted by molar-refractivity contribution is 6.12. The molecule has 0 saturated carbocycles. The fourth-order valence-corrected chi connectivity index (χ4v) is 4.54. The van der Waals surface area contributed by atoms with Gasteiger partial charge < -0.3 is 23.7 Å². The molecule has 1 aliphatic heterocycles. The predicted molar refractivity (Wildman–Crippen MR) is 185 cm³/mol. The van der Waals surface area contributed by atoms with Gasteiger partial charge in [0, 0.05) is 36.8 Å². The van der Waals surface area contributed by atoms with Crippen LogP contribution in [0.15, 0.2) is 103 Å². The topological polar surface area (TPSA) is 135 Å². The van der Waals surface area contributed by atoms with Crippen LogP contribution in [0.2, 0.25) is 0 Å². The van der Waals surface area contributed by atoms with Crippen LogP contribution in [0.5, 0.6) is 17.2 Å². The highest BCUT2D eigenvalue weighted by atomic mass is 16.5. The van der Waals surface area contributed by atoms with E-state index in [1.165, 1.54) is 23.1 Å². The first-order valence-corrected chi connectivity index (χ1v) is 16.2. The van der Waals surface area contributed by atoms with Crippen molar-refractivity contribution in [2.45, 2.75) is 32.6 Å². The molecule has 3 aromatic rings. The Morgan fingerprint density at radius 3 is 1.88 bits per heavy atom. The molecule has 0 bridgehead atoms. The number of carbonyl (C=O) groups is 5. The van der Waals surface area contributed by atoms with Crippen LogP contribution < -0.4 is 14.2 Å². The second-order valence-corrected chi connectivity index (χ2v) is 11.1. The van der Waals surface area contributed by atoms with E-state index in [0.717, 1.165) is 16.7 Å². The monoisotopic (exact) mass is 681 g/mol. The Hall–Kier alpha value is -5.97. The SMILES string of the molecule is C=C(CC(=O)OCCC)C(=O)OCCCOc1ccc(OC(=O)/C=C/c2ccc(-c3ccc(OCCCN4C(=O)C=CC4=O)cc3)cc2)cc1. The molecule has 2 amide bonds. The van der Waals surface area contributed by atoms with Crippen LogP contribution in [-0.4, -0.2) is 67.6 Å². The van der Waals surface area contributed by atoms with Gasteiger partial charge in [-0.15, -0.1) is 0 Å². The number of benzene rings is 3. The Morgan fingerprint density at radius 1 is 0.700 bits per heavy atom. The van der Waals surface area contributed by atoms with Crippen molar-refractivity contribution in [3.05, 3.63) is 109 Å². The van der Waals surface area contributed by atoms with Crippen molar-refractivity contribution < 1.29 is 47.7 Å². The number of amides is 2. The van der Waals surface area contributed by atoms with Crippen LogP contribution in [0, 0.1) is 0 Å². The quantitative estimate of drug-likeness (QED) is 0.0497. The van der Waals surface area contributed by atoms with Crippen LogP contribution >= 0.6 is 0 Å². The first kappa shape index (κ1) is 36.9. The molecule has 11 heteroatoms. The summed E-state index contributed by atoms with van der Waals surface area (Å²) in [6.07, 6.45) is 7.01. The van der Waals surface area contributed by atoms with E-state index in [9.17, 15) is 24.0 Å². The molecule has 0 spiro atoms. The molecule has 0 radical (unpaired) electrons. The Balaban J connectivity index is 1.12. The molecule has 0 aromatic heterocycles. The molecule has 11 nitrogen and oxygen atoms in total. The third kappa shape index (κ3) is 11.9. The molecular formula is C39H39NO10. The van der Waals surface area contributed by atoms with E-state index >= 15 is 0 Å². The maximum absolute atomic E-state index is 12.4. The zero-order valence-electron chi connectivity index (χ0n) is 27.8. The Bertz CT molecular complexity index is 1690. The van der Waals surface area contributed by atoms with Crippen molar-refractivity contribution >= 4 is 35.8 Å². The largest absolute Gasteiger partial charge is 0.494 e. The Kier molecular flexibility index (Phi) is 14.1. The van der Waals surface area contributed by atoms with Gasteiger partial charge in [-0.3, -0.25) is 19.3 Å². The highest BCUT2D eigenvalue weighted by Crippen LogP contribution is 2.24. The Labute approximate surface area is 290 Å². The lowest BCUT2D eigenvalue weighted by atomic mass is 10.0. The molecule has 4 rings (SSSR count). The van der Waals surface area contributed by atoms with E-state index < -0.39 is 17.9 Å². The van der Waals surface area contributed by atoms with Gasteiger partial charge in [0.15, 0.2) is 0 Å². The molecule has 0 aliphatic carbocycles. The van der Waals surface area contributed by atoms with E-state index in [0.29, 0.717) is 56.3 Å². The van der Waals surface area contributed by atoms with E-state index in [2.05, 4.69) is 6.58 Å². The third-order valence-electron chi connectivity index (χ3n) is 7.15. The predicted octanol–water partition coefficient (Wildman–Crippen LogP) is 5.88. The van der Waals surface area contributed by atoms with Crippen molar-refractivity contribution in [3.63, 3.8) is 0 Å². The van der Waals surface area contributed by atoms with Crippen LogP contribution in [-0.2, 0) is 33.4 Å². The van der Waals surface area contributed by atoms with E-state index in [-0.39, 0.29) is 37.0 Å².